The highest BCUT2D eigenvalue weighted by molar-refractivity contribution is 4.82. The molecule has 0 spiro atoms. The van der Waals surface area contributed by atoms with Crippen LogP contribution in [0.1, 0.15) is 44.9 Å². The second-order valence-corrected chi connectivity index (χ2v) is 5.35. The van der Waals surface area contributed by atoms with Crippen molar-refractivity contribution in [2.45, 2.75) is 51.0 Å². The van der Waals surface area contributed by atoms with E-state index in [9.17, 15) is 0 Å². The number of hydrogen-bond acceptors (Lipinski definition) is 2. The molecule has 2 fully saturated rings. The Labute approximate surface area is 94.4 Å². The molecular weight excluding hydrogens is 184 g/mol. The molecule has 2 rings (SSSR count). The summed E-state index contributed by atoms with van der Waals surface area (Å²) in [5, 5.41) is 3.34. The van der Waals surface area contributed by atoms with Crippen LogP contribution in [0.3, 0.4) is 0 Å². The van der Waals surface area contributed by atoms with E-state index in [-0.39, 0.29) is 0 Å². The Morgan fingerprint density at radius 2 is 1.87 bits per heavy atom. The highest BCUT2D eigenvalue weighted by atomic mass is 15.2. The van der Waals surface area contributed by atoms with Crippen molar-refractivity contribution < 1.29 is 0 Å². The fraction of sp³-hybridized carbons (Fsp3) is 1.00. The molecule has 1 N–H and O–H groups in total. The smallest absolute Gasteiger partial charge is 0.0221 e. The molecule has 0 aromatic heterocycles. The van der Waals surface area contributed by atoms with Crippen molar-refractivity contribution in [1.29, 1.82) is 0 Å². The lowest BCUT2D eigenvalue weighted by Gasteiger charge is -2.30. The molecule has 15 heavy (non-hydrogen) atoms. The fourth-order valence-electron chi connectivity index (χ4n) is 3.30. The number of nitrogens with zero attached hydrogens (tertiary/aromatic N) is 1. The van der Waals surface area contributed by atoms with Gasteiger partial charge in [-0.3, -0.25) is 4.90 Å². The van der Waals surface area contributed by atoms with E-state index in [4.69, 9.17) is 0 Å². The molecule has 1 heterocycles. The Kier molecular flexibility index (Phi) is 4.45. The summed E-state index contributed by atoms with van der Waals surface area (Å²) in [5.41, 5.74) is 0. The predicted molar refractivity (Wildman–Crippen MR) is 65.1 cm³/mol. The van der Waals surface area contributed by atoms with Crippen LogP contribution in [0.15, 0.2) is 0 Å². The van der Waals surface area contributed by atoms with Crippen molar-refractivity contribution in [3.05, 3.63) is 0 Å². The van der Waals surface area contributed by atoms with Gasteiger partial charge in [-0.25, -0.2) is 0 Å². The van der Waals surface area contributed by atoms with E-state index in [0.717, 1.165) is 12.0 Å². The molecule has 1 saturated carbocycles. The quantitative estimate of drug-likeness (QED) is 0.765. The summed E-state index contributed by atoms with van der Waals surface area (Å²) >= 11 is 0. The second kappa shape index (κ2) is 5.86. The minimum absolute atomic E-state index is 0.830. The lowest BCUT2D eigenvalue weighted by atomic mass is 9.89. The highest BCUT2D eigenvalue weighted by Gasteiger charge is 2.26. The third-order valence-electron chi connectivity index (χ3n) is 4.16. The first kappa shape index (κ1) is 11.4. The predicted octanol–water partition coefficient (Wildman–Crippen LogP) is 2.25. The van der Waals surface area contributed by atoms with Crippen molar-refractivity contribution >= 4 is 0 Å². The van der Waals surface area contributed by atoms with Crippen LogP contribution in [-0.2, 0) is 0 Å². The minimum atomic E-state index is 0.830. The standard InChI is InChI=1S/C13H26N2/c1-14-10-13-8-5-9-15(13)11-12-6-3-2-4-7-12/h12-14H,2-11H2,1H3. The van der Waals surface area contributed by atoms with Gasteiger partial charge in [0, 0.05) is 19.1 Å². The molecule has 0 radical (unpaired) electrons. The van der Waals surface area contributed by atoms with Crippen LogP contribution in [0, 0.1) is 5.92 Å². The van der Waals surface area contributed by atoms with Crippen molar-refractivity contribution in [3.63, 3.8) is 0 Å². The first-order valence-electron chi connectivity index (χ1n) is 6.79. The van der Waals surface area contributed by atoms with E-state index >= 15 is 0 Å². The Hall–Kier alpha value is -0.0800. The number of hydrogen-bond donors (Lipinski definition) is 1. The topological polar surface area (TPSA) is 15.3 Å². The first-order chi connectivity index (χ1) is 7.40. The number of likely N-dealkylation sites (N-methyl/N-ethyl adjacent to an activating group) is 1. The summed E-state index contributed by atoms with van der Waals surface area (Å²) in [6.07, 6.45) is 10.2. The molecule has 0 bridgehead atoms. The van der Waals surface area contributed by atoms with E-state index in [1.54, 1.807) is 0 Å². The van der Waals surface area contributed by atoms with Crippen molar-refractivity contribution in [1.82, 2.24) is 10.2 Å². The summed E-state index contributed by atoms with van der Waals surface area (Å²) in [7, 11) is 2.08. The van der Waals surface area contributed by atoms with Gasteiger partial charge >= 0.3 is 0 Å². The molecule has 2 aliphatic rings. The normalized spacial score (nSPS) is 29.8. The van der Waals surface area contributed by atoms with Crippen LogP contribution in [0.2, 0.25) is 0 Å². The summed E-state index contributed by atoms with van der Waals surface area (Å²) in [6, 6.07) is 0.830. The Morgan fingerprint density at radius 1 is 1.07 bits per heavy atom. The summed E-state index contributed by atoms with van der Waals surface area (Å²) in [5.74, 6) is 1.01. The molecule has 0 amide bonds. The third-order valence-corrected chi connectivity index (χ3v) is 4.16. The monoisotopic (exact) mass is 210 g/mol. The van der Waals surface area contributed by atoms with Gasteiger partial charge in [-0.1, -0.05) is 19.3 Å². The van der Waals surface area contributed by atoms with E-state index in [0.29, 0.717) is 0 Å². The van der Waals surface area contributed by atoms with Crippen molar-refractivity contribution in [2.75, 3.05) is 26.7 Å². The van der Waals surface area contributed by atoms with Crippen molar-refractivity contribution in [2.24, 2.45) is 5.92 Å². The summed E-state index contributed by atoms with van der Waals surface area (Å²) in [6.45, 7) is 3.92. The number of likely N-dealkylation sites (tertiary alicyclic amines) is 1. The van der Waals surface area contributed by atoms with Crippen LogP contribution >= 0.6 is 0 Å². The first-order valence-corrected chi connectivity index (χ1v) is 6.79. The molecule has 1 aliphatic heterocycles. The molecule has 0 aromatic rings. The van der Waals surface area contributed by atoms with Gasteiger partial charge in [0.1, 0.15) is 0 Å². The minimum Gasteiger partial charge on any atom is -0.318 e. The number of nitrogens with one attached hydrogen (secondary N) is 1. The fourth-order valence-corrected chi connectivity index (χ4v) is 3.30. The van der Waals surface area contributed by atoms with Crippen LogP contribution in [0.4, 0.5) is 0 Å². The van der Waals surface area contributed by atoms with E-state index in [2.05, 4.69) is 17.3 Å². The van der Waals surface area contributed by atoms with Crippen LogP contribution in [0.5, 0.6) is 0 Å². The molecule has 1 saturated heterocycles. The van der Waals surface area contributed by atoms with Gasteiger partial charge in [-0.2, -0.15) is 0 Å². The Morgan fingerprint density at radius 3 is 2.60 bits per heavy atom. The molecule has 2 heteroatoms. The highest BCUT2D eigenvalue weighted by Crippen LogP contribution is 2.27. The van der Waals surface area contributed by atoms with Crippen LogP contribution < -0.4 is 5.32 Å². The van der Waals surface area contributed by atoms with Gasteiger partial charge in [0.2, 0.25) is 0 Å². The zero-order chi connectivity index (χ0) is 10.5. The molecule has 2 nitrogen and oxygen atoms in total. The van der Waals surface area contributed by atoms with Crippen molar-refractivity contribution in [3.8, 4) is 0 Å². The lowest BCUT2D eigenvalue weighted by molar-refractivity contribution is 0.186. The van der Waals surface area contributed by atoms with Crippen LogP contribution in [0.25, 0.3) is 0 Å². The molecule has 1 unspecified atom stereocenters. The van der Waals surface area contributed by atoms with E-state index in [1.807, 2.05) is 0 Å². The molecule has 1 atom stereocenters. The van der Waals surface area contributed by atoms with E-state index in [1.165, 1.54) is 64.6 Å². The second-order valence-electron chi connectivity index (χ2n) is 5.35. The molecular formula is C13H26N2. The maximum Gasteiger partial charge on any atom is 0.0221 e. The number of rotatable bonds is 4. The summed E-state index contributed by atoms with van der Waals surface area (Å²) in [4.78, 5) is 2.74. The zero-order valence-electron chi connectivity index (χ0n) is 10.2. The van der Waals surface area contributed by atoms with Gasteiger partial charge in [0.15, 0.2) is 0 Å². The average Bonchev–Trinajstić information content (AvgIpc) is 2.68. The van der Waals surface area contributed by atoms with Gasteiger partial charge in [0.25, 0.3) is 0 Å². The lowest BCUT2D eigenvalue weighted by Crippen LogP contribution is -2.39. The van der Waals surface area contributed by atoms with Gasteiger partial charge in [-0.15, -0.1) is 0 Å². The van der Waals surface area contributed by atoms with E-state index < -0.39 is 0 Å². The zero-order valence-corrected chi connectivity index (χ0v) is 10.2. The van der Waals surface area contributed by atoms with Gasteiger partial charge < -0.3 is 5.32 Å². The molecule has 88 valence electrons. The average molecular weight is 210 g/mol. The SMILES string of the molecule is CNCC1CCCN1CC1CCCCC1. The van der Waals surface area contributed by atoms with Gasteiger partial charge in [0.05, 0.1) is 0 Å². The maximum absolute atomic E-state index is 3.34. The Bertz CT molecular complexity index is 175. The van der Waals surface area contributed by atoms with Crippen LogP contribution in [-0.4, -0.2) is 37.6 Å². The largest absolute Gasteiger partial charge is 0.318 e. The maximum atomic E-state index is 3.34. The molecule has 0 aromatic carbocycles. The summed E-state index contributed by atoms with van der Waals surface area (Å²) < 4.78 is 0. The Balaban J connectivity index is 1.76. The third kappa shape index (κ3) is 3.18. The van der Waals surface area contributed by atoms with Gasteiger partial charge in [-0.05, 0) is 45.2 Å². The molecule has 1 aliphatic carbocycles.